The minimum atomic E-state index is -0.457. The van der Waals surface area contributed by atoms with E-state index in [1.807, 2.05) is 83.1 Å². The first-order valence-corrected chi connectivity index (χ1v) is 13.0. The van der Waals surface area contributed by atoms with Crippen LogP contribution in [0.15, 0.2) is 0 Å². The molecular formula is C30H56BaO8. The summed E-state index contributed by atoms with van der Waals surface area (Å²) in [5.41, 5.74) is -1.83. The van der Waals surface area contributed by atoms with E-state index in [9.17, 15) is 19.2 Å². The molecule has 226 valence electrons. The predicted octanol–water partition coefficient (Wildman–Crippen LogP) is 4.77. The Kier molecular flexibility index (Phi) is 26.3. The Bertz CT molecular complexity index is 582. The van der Waals surface area contributed by atoms with E-state index >= 15 is 0 Å². The number of carbonyl (C=O) groups excluding carboxylic acids is 4. The number of methoxy groups -OCH3 is 2. The molecule has 0 bridgehead atoms. The third-order valence-corrected chi connectivity index (χ3v) is 4.72. The maximum atomic E-state index is 11.4. The molecule has 0 atom stereocenters. The number of ketones is 4. The van der Waals surface area contributed by atoms with Gasteiger partial charge in [0.25, 0.3) is 0 Å². The fourth-order valence-corrected chi connectivity index (χ4v) is 1.71. The molecule has 0 aromatic heterocycles. The van der Waals surface area contributed by atoms with Crippen molar-refractivity contribution in [1.29, 1.82) is 0 Å². The van der Waals surface area contributed by atoms with E-state index in [-0.39, 0.29) is 72.0 Å². The molecule has 0 saturated heterocycles. The second-order valence-corrected chi connectivity index (χ2v) is 13.0. The number of Topliss-reactive ketones (excluding diaryl/α,β-unsaturated/α-hetero) is 4. The van der Waals surface area contributed by atoms with Crippen molar-refractivity contribution in [3.63, 3.8) is 0 Å². The van der Waals surface area contributed by atoms with E-state index in [2.05, 4.69) is 0 Å². The molecule has 0 fully saturated rings. The number of hydrogen-bond donors (Lipinski definition) is 0. The van der Waals surface area contributed by atoms with Gasteiger partial charge in [-0.1, -0.05) is 83.1 Å². The molecule has 8 nitrogen and oxygen atoms in total. The SMILES string of the molecule is CC(C)(C)C(=O)[CH-]C(=O)C(C)(C)C.CC(C)(C)C(=O)[CH-]C(=O)C(C)(C)C.COCCOCCOCCOC.[Ba+2]. The van der Waals surface area contributed by atoms with Crippen LogP contribution in [0.1, 0.15) is 83.1 Å². The van der Waals surface area contributed by atoms with Crippen molar-refractivity contribution in [1.82, 2.24) is 0 Å². The smallest absolute Gasteiger partial charge is 0.382 e. The summed E-state index contributed by atoms with van der Waals surface area (Å²) in [7, 11) is 3.30. The Morgan fingerprint density at radius 1 is 0.436 bits per heavy atom. The summed E-state index contributed by atoms with van der Waals surface area (Å²) >= 11 is 0. The molecule has 9 heteroatoms. The normalized spacial score (nSPS) is 11.5. The molecule has 0 spiro atoms. The first-order chi connectivity index (χ1) is 17.0. The summed E-state index contributed by atoms with van der Waals surface area (Å²) in [5, 5.41) is 0. The fourth-order valence-electron chi connectivity index (χ4n) is 1.71. The first-order valence-electron chi connectivity index (χ1n) is 13.0. The van der Waals surface area contributed by atoms with E-state index in [1.54, 1.807) is 14.2 Å². The topological polar surface area (TPSA) is 105 Å². The van der Waals surface area contributed by atoms with Crippen molar-refractivity contribution in [2.45, 2.75) is 83.1 Å². The van der Waals surface area contributed by atoms with E-state index in [0.717, 1.165) is 0 Å². The Hall–Kier alpha value is -0.169. The van der Waals surface area contributed by atoms with E-state index in [1.165, 1.54) is 12.8 Å². The van der Waals surface area contributed by atoms with Crippen LogP contribution in [0, 0.1) is 34.5 Å². The van der Waals surface area contributed by atoms with Crippen LogP contribution in [-0.4, -0.2) is 126 Å². The van der Waals surface area contributed by atoms with Crippen LogP contribution in [0.2, 0.25) is 0 Å². The molecule has 0 saturated carbocycles. The zero-order valence-corrected chi connectivity index (χ0v) is 31.8. The molecule has 0 rings (SSSR count). The van der Waals surface area contributed by atoms with E-state index < -0.39 is 21.7 Å². The minimum absolute atomic E-state index is 0. The molecule has 0 unspecified atom stereocenters. The molecule has 0 aliphatic heterocycles. The summed E-state index contributed by atoms with van der Waals surface area (Å²) in [6, 6.07) is 0. The molecule has 0 radical (unpaired) electrons. The Balaban J connectivity index is -0.000000233. The maximum Gasteiger partial charge on any atom is 2.00 e. The Morgan fingerprint density at radius 3 is 0.769 bits per heavy atom. The van der Waals surface area contributed by atoms with Crippen molar-refractivity contribution < 1.29 is 38.1 Å². The summed E-state index contributed by atoms with van der Waals surface area (Å²) in [4.78, 5) is 45.8. The van der Waals surface area contributed by atoms with Crippen molar-refractivity contribution in [3.8, 4) is 0 Å². The zero-order valence-electron chi connectivity index (χ0n) is 27.4. The zero-order chi connectivity index (χ0) is 30.8. The predicted molar refractivity (Wildman–Crippen MR) is 158 cm³/mol. The first kappa shape index (κ1) is 45.8. The molecule has 0 N–H and O–H groups in total. The van der Waals surface area contributed by atoms with Gasteiger partial charge in [0.2, 0.25) is 0 Å². The van der Waals surface area contributed by atoms with Gasteiger partial charge >= 0.3 is 48.9 Å². The van der Waals surface area contributed by atoms with Crippen LogP contribution >= 0.6 is 0 Å². The summed E-state index contributed by atoms with van der Waals surface area (Å²) in [6.45, 7) is 25.5. The van der Waals surface area contributed by atoms with Gasteiger partial charge in [0.15, 0.2) is 0 Å². The number of hydrogen-bond acceptors (Lipinski definition) is 8. The average Bonchev–Trinajstić information content (AvgIpc) is 2.74. The number of carbonyl (C=O) groups is 4. The average molecular weight is 682 g/mol. The molecule has 0 heterocycles. The third-order valence-electron chi connectivity index (χ3n) is 4.72. The van der Waals surface area contributed by atoms with Gasteiger partial charge in [-0.25, -0.2) is 0 Å². The van der Waals surface area contributed by atoms with Crippen molar-refractivity contribution >= 4 is 72.0 Å². The quantitative estimate of drug-likeness (QED) is 0.119. The van der Waals surface area contributed by atoms with Gasteiger partial charge in [-0.05, 0) is 21.7 Å². The monoisotopic (exact) mass is 682 g/mol. The van der Waals surface area contributed by atoms with Crippen molar-refractivity contribution in [2.24, 2.45) is 21.7 Å². The van der Waals surface area contributed by atoms with Gasteiger partial charge in [-0.2, -0.15) is 0 Å². The molecule has 0 aromatic rings. The maximum absolute atomic E-state index is 11.4. The standard InChI is InChI=1S/2C11H19O2.C8H18O4.Ba/c2*1-10(2,3)8(12)7-9(13)11(4,5)6;1-9-3-5-11-7-8-12-6-4-10-2;/h2*7H,1-6H3;3-8H2,1-2H3;/q2*-1;;+2. The molecule has 0 amide bonds. The van der Waals surface area contributed by atoms with Crippen molar-refractivity contribution in [2.75, 3.05) is 53.9 Å². The molecule has 0 aromatic carbocycles. The van der Waals surface area contributed by atoms with E-state index in [0.29, 0.717) is 39.6 Å². The second-order valence-electron chi connectivity index (χ2n) is 13.0. The van der Waals surface area contributed by atoms with Crippen LogP contribution in [0.4, 0.5) is 0 Å². The number of rotatable bonds is 13. The van der Waals surface area contributed by atoms with Gasteiger partial charge < -0.3 is 38.1 Å². The van der Waals surface area contributed by atoms with Gasteiger partial charge in [-0.15, -0.1) is 0 Å². The Labute approximate surface area is 279 Å². The molecular weight excluding hydrogens is 626 g/mol. The van der Waals surface area contributed by atoms with Gasteiger partial charge in [-0.3, -0.25) is 12.8 Å². The number of ether oxygens (including phenoxy) is 4. The molecule has 0 aliphatic rings. The third kappa shape index (κ3) is 29.1. The van der Waals surface area contributed by atoms with E-state index in [4.69, 9.17) is 18.9 Å². The summed E-state index contributed by atoms with van der Waals surface area (Å²) in [6.07, 6.45) is 2.44. The molecule has 0 aliphatic carbocycles. The summed E-state index contributed by atoms with van der Waals surface area (Å²) in [5.74, 6) is -0.417. The van der Waals surface area contributed by atoms with Crippen molar-refractivity contribution in [3.05, 3.63) is 12.8 Å². The van der Waals surface area contributed by atoms with Crippen LogP contribution in [0.5, 0.6) is 0 Å². The van der Waals surface area contributed by atoms with Crippen LogP contribution < -0.4 is 0 Å². The van der Waals surface area contributed by atoms with Gasteiger partial charge in [0, 0.05) is 37.4 Å². The largest absolute Gasteiger partial charge is 2.00 e. The second kappa shape index (κ2) is 22.4. The van der Waals surface area contributed by atoms with Crippen LogP contribution in [0.25, 0.3) is 0 Å². The Morgan fingerprint density at radius 2 is 0.615 bits per heavy atom. The van der Waals surface area contributed by atoms with Gasteiger partial charge in [0.1, 0.15) is 0 Å². The summed E-state index contributed by atoms with van der Waals surface area (Å²) < 4.78 is 19.9. The van der Waals surface area contributed by atoms with Crippen LogP contribution in [0.3, 0.4) is 0 Å². The minimum Gasteiger partial charge on any atom is -0.382 e. The van der Waals surface area contributed by atoms with Crippen LogP contribution in [-0.2, 0) is 38.1 Å². The van der Waals surface area contributed by atoms with Gasteiger partial charge in [0.05, 0.1) is 39.6 Å². The fraction of sp³-hybridized carbons (Fsp3) is 0.800. The molecule has 39 heavy (non-hydrogen) atoms.